The fourth-order valence-corrected chi connectivity index (χ4v) is 3.22. The molecule has 6 heteroatoms. The maximum absolute atomic E-state index is 11.8. The Morgan fingerprint density at radius 1 is 1.20 bits per heavy atom. The van der Waals surface area contributed by atoms with E-state index < -0.39 is 0 Å². The minimum absolute atomic E-state index is 0.135. The van der Waals surface area contributed by atoms with Crippen molar-refractivity contribution in [3.8, 4) is 0 Å². The predicted octanol–water partition coefficient (Wildman–Crippen LogP) is 2.61. The Balaban J connectivity index is 1.57. The molecule has 1 aliphatic rings. The van der Waals surface area contributed by atoms with Crippen molar-refractivity contribution in [3.05, 3.63) is 81.5 Å². The van der Waals surface area contributed by atoms with Gasteiger partial charge in [0.2, 0.25) is 0 Å². The number of fused-ring (bicyclic) bond motifs is 1. The van der Waals surface area contributed by atoms with E-state index in [1.807, 2.05) is 19.1 Å². The van der Waals surface area contributed by atoms with Crippen LogP contribution in [-0.4, -0.2) is 15.2 Å². The number of benzene rings is 1. The maximum atomic E-state index is 11.8. The molecule has 3 heterocycles. The number of aromatic nitrogens is 3. The molecular weight excluding hydrogens is 314 g/mol. The number of hydrogen-bond donors (Lipinski definition) is 2. The second-order valence-corrected chi connectivity index (χ2v) is 6.22. The van der Waals surface area contributed by atoms with Gasteiger partial charge < -0.3 is 10.2 Å². The third-order valence-electron chi connectivity index (χ3n) is 4.63. The molecule has 2 N–H and O–H groups in total. The lowest BCUT2D eigenvalue weighted by atomic mass is 10.1. The molecule has 6 nitrogen and oxygen atoms in total. The summed E-state index contributed by atoms with van der Waals surface area (Å²) in [6.07, 6.45) is 5.33. The van der Waals surface area contributed by atoms with Crippen molar-refractivity contribution in [3.63, 3.8) is 0 Å². The van der Waals surface area contributed by atoms with Crippen LogP contribution in [0.1, 0.15) is 22.3 Å². The van der Waals surface area contributed by atoms with Crippen LogP contribution >= 0.6 is 0 Å². The number of anilines is 2. The summed E-state index contributed by atoms with van der Waals surface area (Å²) in [5, 5.41) is 9.96. The van der Waals surface area contributed by atoms with Crippen LogP contribution in [0.3, 0.4) is 0 Å². The minimum atomic E-state index is -0.135. The summed E-state index contributed by atoms with van der Waals surface area (Å²) in [4.78, 5) is 18.1. The smallest absolute Gasteiger partial charge is 0.269 e. The highest BCUT2D eigenvalue weighted by atomic mass is 16.1. The zero-order valence-electron chi connectivity index (χ0n) is 14.0. The molecule has 0 spiro atoms. The van der Waals surface area contributed by atoms with E-state index in [9.17, 15) is 4.79 Å². The van der Waals surface area contributed by atoms with Gasteiger partial charge in [-0.1, -0.05) is 12.1 Å². The first-order chi connectivity index (χ1) is 12.2. The van der Waals surface area contributed by atoms with Gasteiger partial charge >= 0.3 is 0 Å². The van der Waals surface area contributed by atoms with E-state index in [0.717, 1.165) is 31.0 Å². The molecule has 0 amide bonds. The second kappa shape index (κ2) is 6.39. The Bertz CT molecular complexity index is 952. The van der Waals surface area contributed by atoms with E-state index in [0.29, 0.717) is 5.56 Å². The van der Waals surface area contributed by atoms with E-state index in [1.54, 1.807) is 18.6 Å². The van der Waals surface area contributed by atoms with Crippen molar-refractivity contribution in [2.75, 3.05) is 10.2 Å². The van der Waals surface area contributed by atoms with Gasteiger partial charge in [-0.05, 0) is 41.8 Å². The lowest BCUT2D eigenvalue weighted by molar-refractivity contribution is 0.848. The van der Waals surface area contributed by atoms with Crippen LogP contribution in [0, 0.1) is 6.92 Å². The zero-order chi connectivity index (χ0) is 17.2. The monoisotopic (exact) mass is 333 g/mol. The summed E-state index contributed by atoms with van der Waals surface area (Å²) in [5.74, 6) is 0. The molecule has 3 aromatic rings. The van der Waals surface area contributed by atoms with E-state index in [4.69, 9.17) is 0 Å². The highest BCUT2D eigenvalue weighted by molar-refractivity contribution is 5.62. The molecule has 0 unspecified atom stereocenters. The molecule has 1 aromatic carbocycles. The molecule has 25 heavy (non-hydrogen) atoms. The molecule has 4 rings (SSSR count). The Kier molecular flexibility index (Phi) is 3.93. The van der Waals surface area contributed by atoms with Gasteiger partial charge in [0.1, 0.15) is 0 Å². The summed E-state index contributed by atoms with van der Waals surface area (Å²) in [7, 11) is 0. The van der Waals surface area contributed by atoms with Crippen molar-refractivity contribution in [2.45, 2.75) is 26.6 Å². The normalized spacial score (nSPS) is 12.9. The highest BCUT2D eigenvalue weighted by Crippen LogP contribution is 2.33. The van der Waals surface area contributed by atoms with Gasteiger partial charge in [0, 0.05) is 43.3 Å². The second-order valence-electron chi connectivity index (χ2n) is 6.22. The van der Waals surface area contributed by atoms with Crippen LogP contribution in [-0.2, 0) is 19.6 Å². The van der Waals surface area contributed by atoms with Crippen LogP contribution in [0.15, 0.2) is 53.7 Å². The zero-order valence-corrected chi connectivity index (χ0v) is 14.0. The first-order valence-electron chi connectivity index (χ1n) is 8.25. The predicted molar refractivity (Wildman–Crippen MR) is 97.5 cm³/mol. The SMILES string of the molecule is Cc1c(N2Cc3cccc(NCc4ccncc4)c3C2)cn[nH]c1=O. The summed E-state index contributed by atoms with van der Waals surface area (Å²) in [6, 6.07) is 10.3. The molecule has 0 fully saturated rings. The van der Waals surface area contributed by atoms with Gasteiger partial charge in [-0.2, -0.15) is 5.10 Å². The van der Waals surface area contributed by atoms with Crippen molar-refractivity contribution in [1.29, 1.82) is 0 Å². The first-order valence-corrected chi connectivity index (χ1v) is 8.25. The number of pyridine rings is 1. The quantitative estimate of drug-likeness (QED) is 0.768. The number of aromatic amines is 1. The Morgan fingerprint density at radius 3 is 2.88 bits per heavy atom. The third-order valence-corrected chi connectivity index (χ3v) is 4.63. The topological polar surface area (TPSA) is 73.9 Å². The largest absolute Gasteiger partial charge is 0.381 e. The Morgan fingerprint density at radius 2 is 2.04 bits per heavy atom. The van der Waals surface area contributed by atoms with E-state index in [2.05, 4.69) is 43.6 Å². The number of rotatable bonds is 4. The molecule has 126 valence electrons. The molecule has 0 saturated heterocycles. The van der Waals surface area contributed by atoms with Crippen LogP contribution in [0.25, 0.3) is 0 Å². The van der Waals surface area contributed by atoms with Gasteiger partial charge in [-0.25, -0.2) is 5.10 Å². The van der Waals surface area contributed by atoms with Gasteiger partial charge in [0.05, 0.1) is 11.9 Å². The first kappa shape index (κ1) is 15.4. The van der Waals surface area contributed by atoms with Crippen molar-refractivity contribution < 1.29 is 0 Å². The van der Waals surface area contributed by atoms with E-state index in [-0.39, 0.29) is 5.56 Å². The Labute approximate surface area is 145 Å². The molecule has 2 aromatic heterocycles. The average Bonchev–Trinajstić information content (AvgIpc) is 3.07. The van der Waals surface area contributed by atoms with Crippen molar-refractivity contribution >= 4 is 11.4 Å². The van der Waals surface area contributed by atoms with Crippen LogP contribution < -0.4 is 15.8 Å². The molecule has 1 aliphatic heterocycles. The molecule has 0 radical (unpaired) electrons. The highest BCUT2D eigenvalue weighted by Gasteiger charge is 2.23. The van der Waals surface area contributed by atoms with Gasteiger partial charge in [-0.3, -0.25) is 9.78 Å². The van der Waals surface area contributed by atoms with E-state index >= 15 is 0 Å². The summed E-state index contributed by atoms with van der Waals surface area (Å²) in [6.45, 7) is 4.14. The van der Waals surface area contributed by atoms with Crippen molar-refractivity contribution in [1.82, 2.24) is 15.2 Å². The standard InChI is InChI=1S/C19H19N5O/c1-13-18(10-22-23-19(13)25)24-11-15-3-2-4-17(16(15)12-24)21-9-14-5-7-20-8-6-14/h2-8,10,21H,9,11-12H2,1H3,(H,23,25). The summed E-state index contributed by atoms with van der Waals surface area (Å²) >= 11 is 0. The van der Waals surface area contributed by atoms with Gasteiger partial charge in [0.15, 0.2) is 0 Å². The minimum Gasteiger partial charge on any atom is -0.381 e. The number of nitrogens with one attached hydrogen (secondary N) is 2. The lowest BCUT2D eigenvalue weighted by Gasteiger charge is -2.19. The summed E-state index contributed by atoms with van der Waals surface area (Å²) < 4.78 is 0. The van der Waals surface area contributed by atoms with E-state index in [1.165, 1.54) is 16.7 Å². The lowest BCUT2D eigenvalue weighted by Crippen LogP contribution is -2.21. The Hall–Kier alpha value is -3.15. The maximum Gasteiger partial charge on any atom is 0.269 e. The molecule has 0 bridgehead atoms. The molecule has 0 atom stereocenters. The fraction of sp³-hybridized carbons (Fsp3) is 0.211. The number of nitrogens with zero attached hydrogens (tertiary/aromatic N) is 3. The third kappa shape index (κ3) is 2.98. The number of hydrogen-bond acceptors (Lipinski definition) is 5. The van der Waals surface area contributed by atoms with Crippen LogP contribution in [0.4, 0.5) is 11.4 Å². The van der Waals surface area contributed by atoms with Gasteiger partial charge in [0.25, 0.3) is 5.56 Å². The van der Waals surface area contributed by atoms with Crippen LogP contribution in [0.5, 0.6) is 0 Å². The molecular formula is C19H19N5O. The average molecular weight is 333 g/mol. The van der Waals surface area contributed by atoms with Crippen LogP contribution in [0.2, 0.25) is 0 Å². The molecule has 0 saturated carbocycles. The summed E-state index contributed by atoms with van der Waals surface area (Å²) in [5.41, 5.74) is 6.33. The van der Waals surface area contributed by atoms with Gasteiger partial charge in [-0.15, -0.1) is 0 Å². The molecule has 0 aliphatic carbocycles. The fourth-order valence-electron chi connectivity index (χ4n) is 3.22. The number of H-pyrrole nitrogens is 1. The van der Waals surface area contributed by atoms with Crippen molar-refractivity contribution in [2.24, 2.45) is 0 Å².